The van der Waals surface area contributed by atoms with E-state index in [1.165, 1.54) is 12.5 Å². The minimum Gasteiger partial charge on any atom is -0.472 e. The Hall–Kier alpha value is -2.64. The monoisotopic (exact) mass is 398 g/mol. The number of carbonyl (C=O) groups is 1. The van der Waals surface area contributed by atoms with Gasteiger partial charge in [0.2, 0.25) is 10.0 Å². The summed E-state index contributed by atoms with van der Waals surface area (Å²) < 4.78 is 33.0. The van der Waals surface area contributed by atoms with Gasteiger partial charge in [0.25, 0.3) is 5.91 Å². The Morgan fingerprint density at radius 1 is 1.07 bits per heavy atom. The first-order chi connectivity index (χ1) is 13.5. The zero-order valence-electron chi connectivity index (χ0n) is 15.4. The summed E-state index contributed by atoms with van der Waals surface area (Å²) in [6.07, 6.45) is 4.47. The van der Waals surface area contributed by atoms with Crippen molar-refractivity contribution in [3.8, 4) is 0 Å². The number of furan rings is 1. The van der Waals surface area contributed by atoms with Gasteiger partial charge in [0.05, 0.1) is 16.7 Å². The standard InChI is InChI=1S/C21H22N2O4S/c24-21(19-9-12-27-15-19)23-10-7-16(8-11-23)14-22-28(25,26)20-6-5-17-3-1-2-4-18(17)13-20/h1-6,9,12-13,15-16,22H,7-8,10-11,14H2. The van der Waals surface area contributed by atoms with Crippen LogP contribution in [0.15, 0.2) is 70.4 Å². The molecule has 0 radical (unpaired) electrons. The number of rotatable bonds is 5. The smallest absolute Gasteiger partial charge is 0.257 e. The van der Waals surface area contributed by atoms with E-state index in [4.69, 9.17) is 4.42 Å². The first kappa shape index (κ1) is 18.7. The molecule has 1 aliphatic heterocycles. The molecule has 7 heteroatoms. The molecule has 1 aliphatic rings. The fraction of sp³-hybridized carbons (Fsp3) is 0.286. The molecule has 4 rings (SSSR count). The number of benzene rings is 2. The molecule has 0 spiro atoms. The Labute approximate surface area is 164 Å². The van der Waals surface area contributed by atoms with Gasteiger partial charge in [-0.15, -0.1) is 0 Å². The van der Waals surface area contributed by atoms with Gasteiger partial charge in [-0.2, -0.15) is 0 Å². The molecule has 1 saturated heterocycles. The molecule has 2 heterocycles. The van der Waals surface area contributed by atoms with Crippen molar-refractivity contribution >= 4 is 26.7 Å². The number of hydrogen-bond acceptors (Lipinski definition) is 4. The number of carbonyl (C=O) groups excluding carboxylic acids is 1. The third kappa shape index (κ3) is 3.95. The molecule has 1 aromatic heterocycles. The second-order valence-corrected chi connectivity index (χ2v) is 8.88. The number of likely N-dealkylation sites (tertiary alicyclic amines) is 1. The van der Waals surface area contributed by atoms with Crippen molar-refractivity contribution in [2.75, 3.05) is 19.6 Å². The van der Waals surface area contributed by atoms with E-state index in [0.29, 0.717) is 25.2 Å². The molecular weight excluding hydrogens is 376 g/mol. The summed E-state index contributed by atoms with van der Waals surface area (Å²) in [6, 6.07) is 14.5. The Morgan fingerprint density at radius 2 is 1.82 bits per heavy atom. The SMILES string of the molecule is O=C(c1ccoc1)N1CCC(CNS(=O)(=O)c2ccc3ccccc3c2)CC1. The van der Waals surface area contributed by atoms with Crippen LogP contribution in [0.25, 0.3) is 10.8 Å². The maximum atomic E-state index is 12.7. The van der Waals surface area contributed by atoms with Crippen molar-refractivity contribution < 1.29 is 17.6 Å². The van der Waals surface area contributed by atoms with Crippen LogP contribution in [0.1, 0.15) is 23.2 Å². The van der Waals surface area contributed by atoms with Crippen LogP contribution in [-0.4, -0.2) is 38.9 Å². The summed E-state index contributed by atoms with van der Waals surface area (Å²) in [6.45, 7) is 1.61. The van der Waals surface area contributed by atoms with E-state index >= 15 is 0 Å². The summed E-state index contributed by atoms with van der Waals surface area (Å²) in [5.74, 6) is 0.174. The highest BCUT2D eigenvalue weighted by Gasteiger charge is 2.25. The molecule has 1 fully saturated rings. The van der Waals surface area contributed by atoms with Gasteiger partial charge in [0, 0.05) is 19.6 Å². The Kier molecular flexibility index (Phi) is 5.19. The van der Waals surface area contributed by atoms with Crippen molar-refractivity contribution in [1.29, 1.82) is 0 Å². The number of fused-ring (bicyclic) bond motifs is 1. The Balaban J connectivity index is 1.34. The minimum absolute atomic E-state index is 0.0380. The van der Waals surface area contributed by atoms with Crippen molar-refractivity contribution in [3.05, 3.63) is 66.6 Å². The van der Waals surface area contributed by atoms with Crippen LogP contribution in [0.4, 0.5) is 0 Å². The molecule has 6 nitrogen and oxygen atoms in total. The van der Waals surface area contributed by atoms with Crippen LogP contribution in [-0.2, 0) is 10.0 Å². The zero-order valence-corrected chi connectivity index (χ0v) is 16.2. The molecule has 0 saturated carbocycles. The number of nitrogens with one attached hydrogen (secondary N) is 1. The van der Waals surface area contributed by atoms with E-state index in [1.807, 2.05) is 30.3 Å². The average Bonchev–Trinajstić information content (AvgIpc) is 3.27. The average molecular weight is 398 g/mol. The van der Waals surface area contributed by atoms with Crippen LogP contribution in [0.5, 0.6) is 0 Å². The fourth-order valence-electron chi connectivity index (χ4n) is 3.55. The molecule has 28 heavy (non-hydrogen) atoms. The van der Waals surface area contributed by atoms with E-state index in [1.54, 1.807) is 23.1 Å². The predicted molar refractivity (Wildman–Crippen MR) is 106 cm³/mol. The predicted octanol–water partition coefficient (Wildman–Crippen LogP) is 3.26. The molecule has 1 N–H and O–H groups in total. The van der Waals surface area contributed by atoms with Crippen molar-refractivity contribution in [2.45, 2.75) is 17.7 Å². The van der Waals surface area contributed by atoms with E-state index < -0.39 is 10.0 Å². The van der Waals surface area contributed by atoms with Crippen molar-refractivity contribution in [2.24, 2.45) is 5.92 Å². The van der Waals surface area contributed by atoms with E-state index in [9.17, 15) is 13.2 Å². The second-order valence-electron chi connectivity index (χ2n) is 7.11. The molecule has 146 valence electrons. The molecule has 0 aliphatic carbocycles. The summed E-state index contributed by atoms with van der Waals surface area (Å²) in [7, 11) is -3.56. The first-order valence-electron chi connectivity index (χ1n) is 9.33. The third-order valence-corrected chi connectivity index (χ3v) is 6.68. The quantitative estimate of drug-likeness (QED) is 0.715. The highest BCUT2D eigenvalue weighted by atomic mass is 32.2. The molecular formula is C21H22N2O4S. The lowest BCUT2D eigenvalue weighted by atomic mass is 9.97. The van der Waals surface area contributed by atoms with Gasteiger partial charge in [-0.3, -0.25) is 4.79 Å². The first-order valence-corrected chi connectivity index (χ1v) is 10.8. The van der Waals surface area contributed by atoms with Crippen LogP contribution >= 0.6 is 0 Å². The third-order valence-electron chi connectivity index (χ3n) is 5.26. The summed E-state index contributed by atoms with van der Waals surface area (Å²) >= 11 is 0. The highest BCUT2D eigenvalue weighted by molar-refractivity contribution is 7.89. The number of sulfonamides is 1. The van der Waals surface area contributed by atoms with Crippen molar-refractivity contribution in [3.63, 3.8) is 0 Å². The van der Waals surface area contributed by atoms with Crippen LogP contribution in [0, 0.1) is 5.92 Å². The van der Waals surface area contributed by atoms with E-state index in [-0.39, 0.29) is 16.7 Å². The lowest BCUT2D eigenvalue weighted by Gasteiger charge is -2.31. The largest absolute Gasteiger partial charge is 0.472 e. The van der Waals surface area contributed by atoms with Crippen LogP contribution in [0.2, 0.25) is 0 Å². The van der Waals surface area contributed by atoms with Gasteiger partial charge in [-0.1, -0.05) is 30.3 Å². The van der Waals surface area contributed by atoms with Gasteiger partial charge < -0.3 is 9.32 Å². The molecule has 0 bridgehead atoms. The highest BCUT2D eigenvalue weighted by Crippen LogP contribution is 2.21. The second kappa shape index (κ2) is 7.77. The molecule has 3 aromatic rings. The lowest BCUT2D eigenvalue weighted by Crippen LogP contribution is -2.41. The van der Waals surface area contributed by atoms with Gasteiger partial charge in [-0.25, -0.2) is 13.1 Å². The number of amides is 1. The van der Waals surface area contributed by atoms with Gasteiger partial charge >= 0.3 is 0 Å². The summed E-state index contributed by atoms with van der Waals surface area (Å²) in [5, 5.41) is 1.91. The number of nitrogens with zero attached hydrogens (tertiary/aromatic N) is 1. The Bertz CT molecular complexity index is 1070. The number of piperidine rings is 1. The van der Waals surface area contributed by atoms with E-state index in [2.05, 4.69) is 4.72 Å². The molecule has 0 atom stereocenters. The number of hydrogen-bond donors (Lipinski definition) is 1. The summed E-state index contributed by atoms with van der Waals surface area (Å²) in [5.41, 5.74) is 0.551. The topological polar surface area (TPSA) is 79.6 Å². The molecule has 0 unspecified atom stereocenters. The maximum absolute atomic E-state index is 12.7. The maximum Gasteiger partial charge on any atom is 0.257 e. The van der Waals surface area contributed by atoms with Gasteiger partial charge in [0.1, 0.15) is 6.26 Å². The molecule has 2 aromatic carbocycles. The zero-order chi connectivity index (χ0) is 19.6. The normalized spacial score (nSPS) is 15.8. The minimum atomic E-state index is -3.56. The van der Waals surface area contributed by atoms with Crippen LogP contribution in [0.3, 0.4) is 0 Å². The lowest BCUT2D eigenvalue weighted by molar-refractivity contribution is 0.0691. The molecule has 1 amide bonds. The Morgan fingerprint density at radius 3 is 2.54 bits per heavy atom. The fourth-order valence-corrected chi connectivity index (χ4v) is 4.71. The van der Waals surface area contributed by atoms with Gasteiger partial charge in [0.15, 0.2) is 0 Å². The van der Waals surface area contributed by atoms with Crippen LogP contribution < -0.4 is 4.72 Å². The van der Waals surface area contributed by atoms with Gasteiger partial charge in [-0.05, 0) is 47.7 Å². The summed E-state index contributed by atoms with van der Waals surface area (Å²) in [4.78, 5) is 14.4. The van der Waals surface area contributed by atoms with E-state index in [0.717, 1.165) is 23.6 Å². The van der Waals surface area contributed by atoms with Crippen molar-refractivity contribution in [1.82, 2.24) is 9.62 Å².